The average molecular weight is 610 g/mol. The van der Waals surface area contributed by atoms with Gasteiger partial charge < -0.3 is 14.8 Å². The standard InChI is InChI=1S/C31H36ClN5O4S/c32-26-8-9-28-25(18-26)19-29(34-28)42(40,41)36-16-17-37(27(21-36)20-30(38)35-14-2-1-3-15-35)31(39)24-6-4-22(5-7-24)23-10-12-33-13-11-23/h4,8-13,18-19,24,27,34H,1-3,5-7,14-17,20-21H2. The molecule has 3 aromatic rings. The molecule has 0 spiro atoms. The van der Waals surface area contributed by atoms with Crippen LogP contribution in [-0.4, -0.2) is 83.1 Å². The average Bonchev–Trinajstić information content (AvgIpc) is 3.46. The number of benzene rings is 1. The van der Waals surface area contributed by atoms with Gasteiger partial charge in [-0.15, -0.1) is 0 Å². The molecule has 2 atom stereocenters. The number of carbonyl (C=O) groups excluding carboxylic acids is 2. The Balaban J connectivity index is 1.22. The van der Waals surface area contributed by atoms with Gasteiger partial charge in [0.2, 0.25) is 11.8 Å². The number of hydrogen-bond donors (Lipinski definition) is 1. The molecule has 1 N–H and O–H groups in total. The van der Waals surface area contributed by atoms with E-state index in [9.17, 15) is 18.0 Å². The molecule has 3 aliphatic rings. The van der Waals surface area contributed by atoms with Gasteiger partial charge in [0, 0.05) is 73.4 Å². The highest BCUT2D eigenvalue weighted by Gasteiger charge is 2.40. The number of piperazine rings is 1. The highest BCUT2D eigenvalue weighted by atomic mass is 35.5. The Labute approximate surface area is 251 Å². The molecule has 222 valence electrons. The second-order valence-corrected chi connectivity index (χ2v) is 13.8. The minimum atomic E-state index is -3.89. The molecule has 2 amide bonds. The first-order valence-corrected chi connectivity index (χ1v) is 16.6. The predicted octanol–water partition coefficient (Wildman–Crippen LogP) is 4.70. The molecule has 0 bridgehead atoms. The molecule has 42 heavy (non-hydrogen) atoms. The van der Waals surface area contributed by atoms with Crippen molar-refractivity contribution in [3.8, 4) is 0 Å². The lowest BCUT2D eigenvalue weighted by Crippen LogP contribution is -2.58. The maximum absolute atomic E-state index is 13.9. The molecule has 4 heterocycles. The zero-order chi connectivity index (χ0) is 29.3. The number of allylic oxidation sites excluding steroid dienone is 2. The van der Waals surface area contributed by atoms with Crippen LogP contribution in [0.15, 0.2) is 59.9 Å². The Morgan fingerprint density at radius 1 is 1.00 bits per heavy atom. The van der Waals surface area contributed by atoms with E-state index in [0.29, 0.717) is 35.4 Å². The molecule has 0 radical (unpaired) electrons. The zero-order valence-electron chi connectivity index (χ0n) is 23.5. The van der Waals surface area contributed by atoms with Gasteiger partial charge in [0.05, 0.1) is 6.04 Å². The van der Waals surface area contributed by atoms with E-state index in [1.54, 1.807) is 41.6 Å². The molecule has 1 aromatic carbocycles. The number of sulfonamides is 1. The Hall–Kier alpha value is -3.21. The first-order valence-electron chi connectivity index (χ1n) is 14.8. The van der Waals surface area contributed by atoms with Crippen molar-refractivity contribution >= 4 is 49.9 Å². The Morgan fingerprint density at radius 3 is 2.52 bits per heavy atom. The van der Waals surface area contributed by atoms with Gasteiger partial charge >= 0.3 is 0 Å². The van der Waals surface area contributed by atoms with E-state index in [1.807, 2.05) is 17.0 Å². The molecule has 2 saturated heterocycles. The van der Waals surface area contributed by atoms with E-state index in [4.69, 9.17) is 11.6 Å². The van der Waals surface area contributed by atoms with E-state index in [0.717, 1.165) is 37.7 Å². The van der Waals surface area contributed by atoms with Crippen LogP contribution in [0.3, 0.4) is 0 Å². The second-order valence-electron chi connectivity index (χ2n) is 11.5. The van der Waals surface area contributed by atoms with Crippen molar-refractivity contribution in [3.63, 3.8) is 0 Å². The number of H-pyrrole nitrogens is 1. The normalized spacial score (nSPS) is 22.3. The highest BCUT2D eigenvalue weighted by Crippen LogP contribution is 2.33. The van der Waals surface area contributed by atoms with Crippen molar-refractivity contribution in [2.24, 2.45) is 5.92 Å². The molecule has 2 aliphatic heterocycles. The first kappa shape index (κ1) is 28.9. The lowest BCUT2D eigenvalue weighted by Gasteiger charge is -2.42. The third-order valence-corrected chi connectivity index (χ3v) is 10.9. The topological polar surface area (TPSA) is 107 Å². The quantitative estimate of drug-likeness (QED) is 0.436. The summed E-state index contributed by atoms with van der Waals surface area (Å²) in [5.74, 6) is -0.195. The maximum Gasteiger partial charge on any atom is 0.258 e. The predicted molar refractivity (Wildman–Crippen MR) is 162 cm³/mol. The fourth-order valence-corrected chi connectivity index (χ4v) is 8.12. The van der Waals surface area contributed by atoms with Gasteiger partial charge in [0.1, 0.15) is 5.03 Å². The summed E-state index contributed by atoms with van der Waals surface area (Å²) in [5, 5.41) is 1.32. The molecule has 6 rings (SSSR count). The third-order valence-electron chi connectivity index (χ3n) is 8.83. The smallest absolute Gasteiger partial charge is 0.258 e. The minimum absolute atomic E-state index is 0.00812. The van der Waals surface area contributed by atoms with Gasteiger partial charge in [-0.2, -0.15) is 4.31 Å². The number of rotatable bonds is 6. The number of nitrogens with zero attached hydrogens (tertiary/aromatic N) is 4. The molecule has 1 aliphatic carbocycles. The van der Waals surface area contributed by atoms with Crippen LogP contribution < -0.4 is 0 Å². The van der Waals surface area contributed by atoms with Crippen LogP contribution in [0.25, 0.3) is 16.5 Å². The summed E-state index contributed by atoms with van der Waals surface area (Å²) < 4.78 is 29.0. The van der Waals surface area contributed by atoms with Crippen LogP contribution in [0.2, 0.25) is 5.02 Å². The summed E-state index contributed by atoms with van der Waals surface area (Å²) in [5.41, 5.74) is 3.02. The minimum Gasteiger partial charge on any atom is -0.345 e. The number of halogens is 1. The van der Waals surface area contributed by atoms with Crippen LogP contribution in [0.1, 0.15) is 50.5 Å². The number of piperidine rings is 1. The summed E-state index contributed by atoms with van der Waals surface area (Å²) in [6.07, 6.45) is 11.0. The number of carbonyl (C=O) groups is 2. The summed E-state index contributed by atoms with van der Waals surface area (Å²) in [6.45, 7) is 1.92. The number of fused-ring (bicyclic) bond motifs is 1. The van der Waals surface area contributed by atoms with Gasteiger partial charge in [0.25, 0.3) is 10.0 Å². The van der Waals surface area contributed by atoms with E-state index < -0.39 is 16.1 Å². The monoisotopic (exact) mass is 609 g/mol. The van der Waals surface area contributed by atoms with E-state index >= 15 is 0 Å². The van der Waals surface area contributed by atoms with Crippen LogP contribution in [0.5, 0.6) is 0 Å². The SMILES string of the molecule is O=C(CC1CN(S(=O)(=O)c2cc3cc(Cl)ccc3[nH]2)CCN1C(=O)C1CC=C(c2ccncc2)CC1)N1CCCCC1. The number of pyridine rings is 1. The Bertz CT molecular complexity index is 1600. The molecule has 9 nitrogen and oxygen atoms in total. The maximum atomic E-state index is 13.9. The van der Waals surface area contributed by atoms with Crippen molar-refractivity contribution in [3.05, 3.63) is 65.5 Å². The van der Waals surface area contributed by atoms with Crippen LogP contribution in [0.4, 0.5) is 0 Å². The lowest BCUT2D eigenvalue weighted by atomic mass is 9.85. The van der Waals surface area contributed by atoms with Gasteiger partial charge in [-0.1, -0.05) is 17.7 Å². The second kappa shape index (κ2) is 12.2. The van der Waals surface area contributed by atoms with Crippen LogP contribution in [0, 0.1) is 5.92 Å². The van der Waals surface area contributed by atoms with Gasteiger partial charge in [-0.3, -0.25) is 14.6 Å². The first-order chi connectivity index (χ1) is 20.3. The molecule has 2 fully saturated rings. The number of nitrogens with one attached hydrogen (secondary N) is 1. The third kappa shape index (κ3) is 5.98. The fraction of sp³-hybridized carbons (Fsp3) is 0.452. The van der Waals surface area contributed by atoms with Crippen molar-refractivity contribution in [2.75, 3.05) is 32.7 Å². The molecular weight excluding hydrogens is 574 g/mol. The molecule has 11 heteroatoms. The van der Waals surface area contributed by atoms with Gasteiger partial charge in [-0.25, -0.2) is 8.42 Å². The molecule has 2 unspecified atom stereocenters. The number of amides is 2. The van der Waals surface area contributed by atoms with Crippen molar-refractivity contribution in [1.29, 1.82) is 0 Å². The van der Waals surface area contributed by atoms with Crippen molar-refractivity contribution in [2.45, 2.75) is 56.0 Å². The van der Waals surface area contributed by atoms with E-state index in [-0.39, 0.29) is 48.8 Å². The number of aromatic amines is 1. The molecule has 2 aromatic heterocycles. The Kier molecular flexibility index (Phi) is 8.38. The molecular formula is C31H36ClN5O4S. The van der Waals surface area contributed by atoms with E-state index in [1.165, 1.54) is 9.88 Å². The Morgan fingerprint density at radius 2 is 1.79 bits per heavy atom. The number of aromatic nitrogens is 2. The van der Waals surface area contributed by atoms with Gasteiger partial charge in [0.15, 0.2) is 0 Å². The highest BCUT2D eigenvalue weighted by molar-refractivity contribution is 7.89. The summed E-state index contributed by atoms with van der Waals surface area (Å²) >= 11 is 6.12. The van der Waals surface area contributed by atoms with Crippen molar-refractivity contribution < 1.29 is 18.0 Å². The summed E-state index contributed by atoms with van der Waals surface area (Å²) in [4.78, 5) is 38.1. The van der Waals surface area contributed by atoms with Gasteiger partial charge in [-0.05, 0) is 86.1 Å². The largest absolute Gasteiger partial charge is 0.345 e. The summed E-state index contributed by atoms with van der Waals surface area (Å²) in [7, 11) is -3.89. The molecule has 0 saturated carbocycles. The zero-order valence-corrected chi connectivity index (χ0v) is 25.1. The lowest BCUT2D eigenvalue weighted by molar-refractivity contribution is -0.142. The van der Waals surface area contributed by atoms with Crippen LogP contribution >= 0.6 is 11.6 Å². The fourth-order valence-electron chi connectivity index (χ4n) is 6.46. The number of likely N-dealkylation sites (tertiary alicyclic amines) is 1. The van der Waals surface area contributed by atoms with Crippen molar-refractivity contribution in [1.82, 2.24) is 24.1 Å². The summed E-state index contributed by atoms with van der Waals surface area (Å²) in [6, 6.07) is 10.2. The van der Waals surface area contributed by atoms with E-state index in [2.05, 4.69) is 16.0 Å². The van der Waals surface area contributed by atoms with Crippen LogP contribution in [-0.2, 0) is 19.6 Å². The number of hydrogen-bond acceptors (Lipinski definition) is 5.